The Morgan fingerprint density at radius 2 is 2.15 bits per heavy atom. The number of primary amides is 1. The van der Waals surface area contributed by atoms with Crippen LogP contribution >= 0.6 is 11.8 Å². The van der Waals surface area contributed by atoms with Crippen LogP contribution in [0.2, 0.25) is 0 Å². The zero-order chi connectivity index (χ0) is 14.1. The average Bonchev–Trinajstić information content (AvgIpc) is 3.05. The predicted molar refractivity (Wildman–Crippen MR) is 70.4 cm³/mol. The van der Waals surface area contributed by atoms with Crippen molar-refractivity contribution in [3.05, 3.63) is 18.2 Å². The standard InChI is InChI=1S/C12H11N3O4S/c1-6(10(13)16)20-12-15-14-11(19-12)7-2-3-8-9(4-7)18-5-17-8/h2-4,6H,5H2,1H3,(H2,13,16)/t6-/m0/s1. The minimum absolute atomic E-state index is 0.208. The number of hydrogen-bond donors (Lipinski definition) is 1. The number of rotatable bonds is 4. The molecule has 0 saturated carbocycles. The number of fused-ring (bicyclic) bond motifs is 1. The van der Waals surface area contributed by atoms with Crippen LogP contribution in [0.5, 0.6) is 11.5 Å². The van der Waals surface area contributed by atoms with Gasteiger partial charge in [0.25, 0.3) is 5.22 Å². The zero-order valence-corrected chi connectivity index (χ0v) is 11.3. The van der Waals surface area contributed by atoms with E-state index in [0.29, 0.717) is 22.6 Å². The lowest BCUT2D eigenvalue weighted by Gasteiger charge is -2.01. The lowest BCUT2D eigenvalue weighted by atomic mass is 10.2. The van der Waals surface area contributed by atoms with Crippen molar-refractivity contribution in [1.29, 1.82) is 0 Å². The van der Waals surface area contributed by atoms with Crippen LogP contribution in [-0.2, 0) is 4.79 Å². The minimum atomic E-state index is -0.433. The van der Waals surface area contributed by atoms with Crippen molar-refractivity contribution >= 4 is 17.7 Å². The van der Waals surface area contributed by atoms with Crippen molar-refractivity contribution in [1.82, 2.24) is 10.2 Å². The molecule has 0 saturated heterocycles. The fourth-order valence-corrected chi connectivity index (χ4v) is 2.25. The Labute approximate surface area is 118 Å². The summed E-state index contributed by atoms with van der Waals surface area (Å²) in [5.41, 5.74) is 5.91. The summed E-state index contributed by atoms with van der Waals surface area (Å²) < 4.78 is 16.0. The maximum Gasteiger partial charge on any atom is 0.277 e. The molecule has 0 bridgehead atoms. The lowest BCUT2D eigenvalue weighted by Crippen LogP contribution is -2.22. The normalized spacial score (nSPS) is 14.2. The highest BCUT2D eigenvalue weighted by atomic mass is 32.2. The first kappa shape index (κ1) is 12.8. The Bertz CT molecular complexity index is 658. The van der Waals surface area contributed by atoms with E-state index in [1.165, 1.54) is 0 Å². The Balaban J connectivity index is 1.81. The molecule has 2 heterocycles. The van der Waals surface area contributed by atoms with E-state index in [2.05, 4.69) is 10.2 Å². The first-order valence-electron chi connectivity index (χ1n) is 5.83. The molecule has 0 unspecified atom stereocenters. The fraction of sp³-hybridized carbons (Fsp3) is 0.250. The van der Waals surface area contributed by atoms with Crippen molar-refractivity contribution in [2.75, 3.05) is 6.79 Å². The summed E-state index contributed by atoms with van der Waals surface area (Å²) in [6.07, 6.45) is 0. The molecular formula is C12H11N3O4S. The molecule has 1 aromatic carbocycles. The van der Waals surface area contributed by atoms with Crippen molar-refractivity contribution in [3.8, 4) is 23.0 Å². The van der Waals surface area contributed by atoms with E-state index < -0.39 is 11.2 Å². The number of ether oxygens (including phenoxy) is 2. The monoisotopic (exact) mass is 293 g/mol. The van der Waals surface area contributed by atoms with Gasteiger partial charge in [0.05, 0.1) is 5.25 Å². The molecule has 1 aliphatic heterocycles. The van der Waals surface area contributed by atoms with Crippen LogP contribution in [0.15, 0.2) is 27.8 Å². The van der Waals surface area contributed by atoms with Crippen molar-refractivity contribution in [2.45, 2.75) is 17.4 Å². The molecule has 0 spiro atoms. The Morgan fingerprint density at radius 1 is 1.35 bits per heavy atom. The van der Waals surface area contributed by atoms with E-state index in [1.54, 1.807) is 25.1 Å². The van der Waals surface area contributed by atoms with Crippen LogP contribution in [-0.4, -0.2) is 28.1 Å². The van der Waals surface area contributed by atoms with Crippen LogP contribution in [0.3, 0.4) is 0 Å². The molecule has 1 atom stereocenters. The summed E-state index contributed by atoms with van der Waals surface area (Å²) in [4.78, 5) is 11.0. The number of nitrogens with two attached hydrogens (primary N) is 1. The van der Waals surface area contributed by atoms with Crippen LogP contribution in [0, 0.1) is 0 Å². The van der Waals surface area contributed by atoms with Gasteiger partial charge in [-0.1, -0.05) is 11.8 Å². The summed E-state index contributed by atoms with van der Waals surface area (Å²) in [5.74, 6) is 1.24. The average molecular weight is 293 g/mol. The van der Waals surface area contributed by atoms with E-state index in [-0.39, 0.29) is 6.79 Å². The summed E-state index contributed by atoms with van der Waals surface area (Å²) in [5, 5.41) is 7.68. The Hall–Kier alpha value is -2.22. The van der Waals surface area contributed by atoms with Crippen molar-refractivity contribution < 1.29 is 18.7 Å². The SMILES string of the molecule is C[C@H](Sc1nnc(-c2ccc3c(c2)OCO3)o1)C(N)=O. The van der Waals surface area contributed by atoms with Gasteiger partial charge < -0.3 is 19.6 Å². The molecule has 104 valence electrons. The zero-order valence-electron chi connectivity index (χ0n) is 10.5. The number of benzene rings is 1. The maximum absolute atomic E-state index is 11.0. The van der Waals surface area contributed by atoms with E-state index in [9.17, 15) is 4.79 Å². The molecule has 0 fully saturated rings. The number of nitrogens with zero attached hydrogens (tertiary/aromatic N) is 2. The molecule has 1 aliphatic rings. The first-order chi connectivity index (χ1) is 9.63. The molecule has 2 N–H and O–H groups in total. The largest absolute Gasteiger partial charge is 0.454 e. The fourth-order valence-electron chi connectivity index (χ4n) is 1.61. The number of amides is 1. The van der Waals surface area contributed by atoms with Gasteiger partial charge in [-0.25, -0.2) is 0 Å². The van der Waals surface area contributed by atoms with Gasteiger partial charge in [0.15, 0.2) is 11.5 Å². The van der Waals surface area contributed by atoms with Crippen LogP contribution in [0.1, 0.15) is 6.92 Å². The number of thioether (sulfide) groups is 1. The van der Waals surface area contributed by atoms with Gasteiger partial charge in [0.2, 0.25) is 18.6 Å². The molecule has 7 nitrogen and oxygen atoms in total. The second-order valence-corrected chi connectivity index (χ2v) is 5.40. The molecule has 0 aliphatic carbocycles. The van der Waals surface area contributed by atoms with Gasteiger partial charge in [0, 0.05) is 5.56 Å². The smallest absolute Gasteiger partial charge is 0.277 e. The molecule has 2 aromatic rings. The number of hydrogen-bond acceptors (Lipinski definition) is 7. The van der Waals surface area contributed by atoms with Gasteiger partial charge in [-0.2, -0.15) is 0 Å². The van der Waals surface area contributed by atoms with E-state index in [0.717, 1.165) is 17.3 Å². The highest BCUT2D eigenvalue weighted by Gasteiger charge is 2.18. The minimum Gasteiger partial charge on any atom is -0.454 e. The third kappa shape index (κ3) is 2.42. The number of carbonyl (C=O) groups excluding carboxylic acids is 1. The summed E-state index contributed by atoms with van der Waals surface area (Å²) in [6.45, 7) is 1.89. The molecular weight excluding hydrogens is 282 g/mol. The van der Waals surface area contributed by atoms with Gasteiger partial charge in [-0.15, -0.1) is 10.2 Å². The van der Waals surface area contributed by atoms with Crippen LogP contribution in [0.25, 0.3) is 11.5 Å². The second-order valence-electron chi connectivity index (χ2n) is 4.10. The third-order valence-corrected chi connectivity index (χ3v) is 3.66. The molecule has 1 aromatic heterocycles. The third-order valence-electron chi connectivity index (χ3n) is 2.70. The van der Waals surface area contributed by atoms with E-state index in [4.69, 9.17) is 19.6 Å². The summed E-state index contributed by atoms with van der Waals surface area (Å²) in [7, 11) is 0. The van der Waals surface area contributed by atoms with E-state index >= 15 is 0 Å². The van der Waals surface area contributed by atoms with Crippen molar-refractivity contribution in [2.24, 2.45) is 5.73 Å². The van der Waals surface area contributed by atoms with Gasteiger partial charge in [0.1, 0.15) is 0 Å². The Morgan fingerprint density at radius 3 is 2.95 bits per heavy atom. The number of carbonyl (C=O) groups is 1. The highest BCUT2D eigenvalue weighted by Crippen LogP contribution is 2.36. The molecule has 3 rings (SSSR count). The second kappa shape index (κ2) is 5.04. The van der Waals surface area contributed by atoms with Crippen LogP contribution in [0.4, 0.5) is 0 Å². The first-order valence-corrected chi connectivity index (χ1v) is 6.71. The molecule has 0 radical (unpaired) electrons. The summed E-state index contributed by atoms with van der Waals surface area (Å²) >= 11 is 1.12. The van der Waals surface area contributed by atoms with Crippen molar-refractivity contribution in [3.63, 3.8) is 0 Å². The molecule has 1 amide bonds. The Kier molecular flexibility index (Phi) is 3.23. The highest BCUT2D eigenvalue weighted by molar-refractivity contribution is 8.00. The molecule has 8 heteroatoms. The predicted octanol–water partition coefficient (Wildman–Crippen LogP) is 1.43. The lowest BCUT2D eigenvalue weighted by molar-refractivity contribution is -0.117. The van der Waals surface area contributed by atoms with E-state index in [1.807, 2.05) is 0 Å². The topological polar surface area (TPSA) is 100 Å². The number of aromatic nitrogens is 2. The summed E-state index contributed by atoms with van der Waals surface area (Å²) in [6, 6.07) is 5.34. The van der Waals surface area contributed by atoms with Gasteiger partial charge >= 0.3 is 0 Å². The van der Waals surface area contributed by atoms with Gasteiger partial charge in [-0.05, 0) is 25.1 Å². The maximum atomic E-state index is 11.0. The quantitative estimate of drug-likeness (QED) is 0.851. The van der Waals surface area contributed by atoms with Gasteiger partial charge in [-0.3, -0.25) is 4.79 Å². The molecule has 20 heavy (non-hydrogen) atoms. The van der Waals surface area contributed by atoms with Crippen LogP contribution < -0.4 is 15.2 Å².